The molecule has 0 aromatic rings. The van der Waals surface area contributed by atoms with Gasteiger partial charge in [-0.1, -0.05) is 19.9 Å². The zero-order valence-corrected chi connectivity index (χ0v) is 9.36. The first-order valence-electron chi connectivity index (χ1n) is 5.14. The fourth-order valence-corrected chi connectivity index (χ4v) is 1.93. The van der Waals surface area contributed by atoms with Crippen molar-refractivity contribution in [1.82, 2.24) is 0 Å². The standard InChI is InChI=1S/C11H20O3/c1-5-9(13-4)10-7(2)6-8(3)11(12)14-10/h6-7,9-12H,5H2,1-4H3/t7-,9+,10+,11?/m1/s1. The average molecular weight is 200 g/mol. The third-order valence-corrected chi connectivity index (χ3v) is 2.79. The van der Waals surface area contributed by atoms with Gasteiger partial charge in [0.15, 0.2) is 6.29 Å². The Kier molecular flexibility index (Phi) is 4.11. The number of aliphatic hydroxyl groups is 1. The van der Waals surface area contributed by atoms with Gasteiger partial charge in [-0.05, 0) is 18.9 Å². The van der Waals surface area contributed by atoms with Gasteiger partial charge in [-0.3, -0.25) is 0 Å². The molecule has 3 nitrogen and oxygen atoms in total. The molecule has 14 heavy (non-hydrogen) atoms. The molecule has 0 amide bonds. The Balaban J connectivity index is 2.72. The van der Waals surface area contributed by atoms with Gasteiger partial charge in [-0.15, -0.1) is 0 Å². The van der Waals surface area contributed by atoms with Crippen molar-refractivity contribution in [3.63, 3.8) is 0 Å². The molecule has 82 valence electrons. The van der Waals surface area contributed by atoms with Crippen LogP contribution in [0.15, 0.2) is 11.6 Å². The number of hydrogen-bond acceptors (Lipinski definition) is 3. The van der Waals surface area contributed by atoms with E-state index in [9.17, 15) is 5.11 Å². The Morgan fingerprint density at radius 1 is 1.64 bits per heavy atom. The summed E-state index contributed by atoms with van der Waals surface area (Å²) in [5, 5.41) is 9.56. The Labute approximate surface area is 85.7 Å². The molecule has 4 atom stereocenters. The fraction of sp³-hybridized carbons (Fsp3) is 0.818. The van der Waals surface area contributed by atoms with Gasteiger partial charge in [0.25, 0.3) is 0 Å². The fourth-order valence-electron chi connectivity index (χ4n) is 1.93. The van der Waals surface area contributed by atoms with Crippen LogP contribution in [0, 0.1) is 5.92 Å². The summed E-state index contributed by atoms with van der Waals surface area (Å²) in [6, 6.07) is 0. The Hall–Kier alpha value is -0.380. The van der Waals surface area contributed by atoms with Gasteiger partial charge in [0.1, 0.15) is 0 Å². The van der Waals surface area contributed by atoms with Crippen LogP contribution in [-0.4, -0.2) is 30.7 Å². The van der Waals surface area contributed by atoms with Crippen molar-refractivity contribution >= 4 is 0 Å². The highest BCUT2D eigenvalue weighted by atomic mass is 16.6. The molecule has 0 fully saturated rings. The zero-order valence-electron chi connectivity index (χ0n) is 9.36. The van der Waals surface area contributed by atoms with Crippen LogP contribution in [0.4, 0.5) is 0 Å². The predicted molar refractivity (Wildman–Crippen MR) is 54.9 cm³/mol. The maximum absolute atomic E-state index is 9.56. The number of methoxy groups -OCH3 is 1. The summed E-state index contributed by atoms with van der Waals surface area (Å²) in [7, 11) is 1.68. The third kappa shape index (κ3) is 2.35. The quantitative estimate of drug-likeness (QED) is 0.705. The van der Waals surface area contributed by atoms with E-state index in [-0.39, 0.29) is 12.2 Å². The highest BCUT2D eigenvalue weighted by Gasteiger charge is 2.31. The molecule has 0 aliphatic carbocycles. The SMILES string of the molecule is CC[C@H](OC)[C@H]1OC(O)C(C)=C[C@H]1C. The summed E-state index contributed by atoms with van der Waals surface area (Å²) >= 11 is 0. The second-order valence-electron chi connectivity index (χ2n) is 3.91. The van der Waals surface area contributed by atoms with Gasteiger partial charge in [-0.2, -0.15) is 0 Å². The summed E-state index contributed by atoms with van der Waals surface area (Å²) in [6.45, 7) is 6.02. The average Bonchev–Trinajstić information content (AvgIpc) is 2.15. The number of ether oxygens (including phenoxy) is 2. The number of hydrogen-bond donors (Lipinski definition) is 1. The van der Waals surface area contributed by atoms with Crippen molar-refractivity contribution in [2.24, 2.45) is 5.92 Å². The third-order valence-electron chi connectivity index (χ3n) is 2.79. The minimum Gasteiger partial charge on any atom is -0.379 e. The van der Waals surface area contributed by atoms with Crippen molar-refractivity contribution in [1.29, 1.82) is 0 Å². The molecule has 0 bridgehead atoms. The highest BCUT2D eigenvalue weighted by molar-refractivity contribution is 5.09. The molecular weight excluding hydrogens is 180 g/mol. The molecule has 1 rings (SSSR count). The molecule has 0 saturated carbocycles. The molecule has 0 saturated heterocycles. The molecule has 1 heterocycles. The van der Waals surface area contributed by atoms with E-state index in [1.807, 2.05) is 6.92 Å². The molecule has 0 aromatic heterocycles. The molecular formula is C11H20O3. The molecule has 3 heteroatoms. The minimum absolute atomic E-state index is 0.0382. The molecule has 1 N–H and O–H groups in total. The van der Waals surface area contributed by atoms with Crippen LogP contribution in [0.2, 0.25) is 0 Å². The van der Waals surface area contributed by atoms with Gasteiger partial charge in [0.05, 0.1) is 12.2 Å². The first-order valence-corrected chi connectivity index (χ1v) is 5.14. The van der Waals surface area contributed by atoms with E-state index >= 15 is 0 Å². The van der Waals surface area contributed by atoms with Gasteiger partial charge >= 0.3 is 0 Å². The first kappa shape index (κ1) is 11.7. The van der Waals surface area contributed by atoms with E-state index < -0.39 is 6.29 Å². The number of aliphatic hydroxyl groups excluding tert-OH is 1. The van der Waals surface area contributed by atoms with E-state index in [0.29, 0.717) is 5.92 Å². The summed E-state index contributed by atoms with van der Waals surface area (Å²) < 4.78 is 10.8. The lowest BCUT2D eigenvalue weighted by Crippen LogP contribution is -2.41. The van der Waals surface area contributed by atoms with Crippen LogP contribution in [-0.2, 0) is 9.47 Å². The maximum atomic E-state index is 9.56. The summed E-state index contributed by atoms with van der Waals surface area (Å²) in [4.78, 5) is 0. The van der Waals surface area contributed by atoms with Crippen molar-refractivity contribution in [2.75, 3.05) is 7.11 Å². The second kappa shape index (κ2) is 4.91. The normalized spacial score (nSPS) is 35.2. The summed E-state index contributed by atoms with van der Waals surface area (Å²) in [5.41, 5.74) is 0.889. The van der Waals surface area contributed by atoms with E-state index in [2.05, 4.69) is 19.9 Å². The van der Waals surface area contributed by atoms with E-state index in [1.54, 1.807) is 7.11 Å². The van der Waals surface area contributed by atoms with E-state index in [1.165, 1.54) is 0 Å². The van der Waals surface area contributed by atoms with Crippen LogP contribution in [0.5, 0.6) is 0 Å². The van der Waals surface area contributed by atoms with Crippen LogP contribution in [0.3, 0.4) is 0 Å². The Bertz CT molecular complexity index is 209. The lowest BCUT2D eigenvalue weighted by molar-refractivity contribution is -0.171. The molecule has 1 aliphatic heterocycles. The number of rotatable bonds is 3. The van der Waals surface area contributed by atoms with Gasteiger partial charge in [-0.25, -0.2) is 0 Å². The smallest absolute Gasteiger partial charge is 0.177 e. The lowest BCUT2D eigenvalue weighted by Gasteiger charge is -2.35. The predicted octanol–water partition coefficient (Wildman–Crippen LogP) is 1.71. The minimum atomic E-state index is -0.764. The summed E-state index contributed by atoms with van der Waals surface area (Å²) in [6.07, 6.45) is 2.21. The highest BCUT2D eigenvalue weighted by Crippen LogP contribution is 2.26. The van der Waals surface area contributed by atoms with Crippen LogP contribution < -0.4 is 0 Å². The van der Waals surface area contributed by atoms with Crippen molar-refractivity contribution in [3.8, 4) is 0 Å². The topological polar surface area (TPSA) is 38.7 Å². The zero-order chi connectivity index (χ0) is 10.7. The van der Waals surface area contributed by atoms with Gasteiger partial charge < -0.3 is 14.6 Å². The van der Waals surface area contributed by atoms with Crippen molar-refractivity contribution < 1.29 is 14.6 Å². The van der Waals surface area contributed by atoms with E-state index in [0.717, 1.165) is 12.0 Å². The molecule has 0 radical (unpaired) electrons. The Morgan fingerprint density at radius 3 is 2.79 bits per heavy atom. The molecule has 0 aromatic carbocycles. The van der Waals surface area contributed by atoms with Crippen LogP contribution in [0.1, 0.15) is 27.2 Å². The van der Waals surface area contributed by atoms with Crippen LogP contribution in [0.25, 0.3) is 0 Å². The maximum Gasteiger partial charge on any atom is 0.177 e. The van der Waals surface area contributed by atoms with Gasteiger partial charge in [0, 0.05) is 13.0 Å². The van der Waals surface area contributed by atoms with Crippen molar-refractivity contribution in [2.45, 2.75) is 45.7 Å². The first-order chi connectivity index (χ1) is 6.60. The lowest BCUT2D eigenvalue weighted by atomic mass is 9.93. The largest absolute Gasteiger partial charge is 0.379 e. The van der Waals surface area contributed by atoms with Crippen LogP contribution >= 0.6 is 0 Å². The van der Waals surface area contributed by atoms with E-state index in [4.69, 9.17) is 9.47 Å². The Morgan fingerprint density at radius 2 is 2.29 bits per heavy atom. The molecule has 1 unspecified atom stereocenters. The summed E-state index contributed by atoms with van der Waals surface area (Å²) in [5.74, 6) is 0.295. The second-order valence-corrected chi connectivity index (χ2v) is 3.91. The monoisotopic (exact) mass is 200 g/mol. The van der Waals surface area contributed by atoms with Crippen molar-refractivity contribution in [3.05, 3.63) is 11.6 Å². The molecule has 0 spiro atoms. The molecule has 1 aliphatic rings. The van der Waals surface area contributed by atoms with Gasteiger partial charge in [0.2, 0.25) is 0 Å².